The average molecular weight is 382 g/mol. The SMILES string of the molecule is Cc1c(CC/C=C/C2CCC2)ccc(OCC2CCCC2)c1OC(F)(F)F. The summed E-state index contributed by atoms with van der Waals surface area (Å²) < 4.78 is 48.9. The number of alkyl halides is 3. The van der Waals surface area contributed by atoms with E-state index >= 15 is 0 Å². The first-order valence-corrected chi connectivity index (χ1v) is 10.1. The molecule has 2 aliphatic carbocycles. The van der Waals surface area contributed by atoms with Crippen LogP contribution in [0.5, 0.6) is 11.5 Å². The highest BCUT2D eigenvalue weighted by Gasteiger charge is 2.34. The van der Waals surface area contributed by atoms with Crippen LogP contribution in [0, 0.1) is 18.8 Å². The summed E-state index contributed by atoms with van der Waals surface area (Å²) in [7, 11) is 0. The van der Waals surface area contributed by atoms with Gasteiger partial charge in [0.15, 0.2) is 11.5 Å². The topological polar surface area (TPSA) is 18.5 Å². The van der Waals surface area contributed by atoms with Crippen LogP contribution in [0.3, 0.4) is 0 Å². The molecular weight excluding hydrogens is 353 g/mol. The molecule has 1 aromatic carbocycles. The van der Waals surface area contributed by atoms with Crippen molar-refractivity contribution in [3.63, 3.8) is 0 Å². The minimum atomic E-state index is -4.72. The van der Waals surface area contributed by atoms with Gasteiger partial charge in [0.25, 0.3) is 0 Å². The molecule has 5 heteroatoms. The van der Waals surface area contributed by atoms with Crippen LogP contribution in [0.25, 0.3) is 0 Å². The quantitative estimate of drug-likeness (QED) is 0.463. The lowest BCUT2D eigenvalue weighted by molar-refractivity contribution is -0.275. The van der Waals surface area contributed by atoms with Gasteiger partial charge >= 0.3 is 6.36 Å². The Bertz CT molecular complexity index is 642. The molecule has 0 bridgehead atoms. The summed E-state index contributed by atoms with van der Waals surface area (Å²) in [4.78, 5) is 0. The lowest BCUT2D eigenvalue weighted by Gasteiger charge is -2.21. The first-order valence-electron chi connectivity index (χ1n) is 10.1. The van der Waals surface area contributed by atoms with Gasteiger partial charge in [-0.15, -0.1) is 13.2 Å². The van der Waals surface area contributed by atoms with Gasteiger partial charge in [-0.2, -0.15) is 0 Å². The Labute approximate surface area is 159 Å². The van der Waals surface area contributed by atoms with Gasteiger partial charge in [0, 0.05) is 0 Å². The molecule has 0 N–H and O–H groups in total. The lowest BCUT2D eigenvalue weighted by Crippen LogP contribution is -2.19. The maximum Gasteiger partial charge on any atom is 0.573 e. The van der Waals surface area contributed by atoms with Gasteiger partial charge in [0.05, 0.1) is 6.61 Å². The number of hydrogen-bond donors (Lipinski definition) is 0. The van der Waals surface area contributed by atoms with Gasteiger partial charge in [-0.3, -0.25) is 0 Å². The minimum absolute atomic E-state index is 0.180. The molecule has 0 unspecified atom stereocenters. The molecule has 0 heterocycles. The van der Waals surface area contributed by atoms with Crippen molar-refractivity contribution < 1.29 is 22.6 Å². The van der Waals surface area contributed by atoms with Crippen LogP contribution in [0.2, 0.25) is 0 Å². The van der Waals surface area contributed by atoms with Crippen LogP contribution in [-0.4, -0.2) is 13.0 Å². The van der Waals surface area contributed by atoms with E-state index in [4.69, 9.17) is 4.74 Å². The lowest BCUT2D eigenvalue weighted by atomic mass is 9.85. The van der Waals surface area contributed by atoms with E-state index < -0.39 is 6.36 Å². The maximum absolute atomic E-state index is 12.9. The van der Waals surface area contributed by atoms with E-state index in [1.165, 1.54) is 32.1 Å². The zero-order valence-electron chi connectivity index (χ0n) is 16.0. The molecule has 1 aromatic rings. The first-order chi connectivity index (χ1) is 12.9. The summed E-state index contributed by atoms with van der Waals surface area (Å²) in [6, 6.07) is 3.51. The summed E-state index contributed by atoms with van der Waals surface area (Å²) in [5, 5.41) is 0. The number of halogens is 3. The van der Waals surface area contributed by atoms with Gasteiger partial charge in [-0.25, -0.2) is 0 Å². The van der Waals surface area contributed by atoms with Crippen molar-refractivity contribution in [2.75, 3.05) is 6.61 Å². The van der Waals surface area contributed by atoms with Crippen LogP contribution < -0.4 is 9.47 Å². The van der Waals surface area contributed by atoms with E-state index in [1.54, 1.807) is 13.0 Å². The second-order valence-corrected chi connectivity index (χ2v) is 7.84. The molecule has 0 aliphatic heterocycles. The Morgan fingerprint density at radius 1 is 1.07 bits per heavy atom. The molecule has 3 rings (SSSR count). The molecule has 0 saturated heterocycles. The molecule has 150 valence electrons. The smallest absolute Gasteiger partial charge is 0.489 e. The normalized spacial score (nSPS) is 18.8. The molecular formula is C22H29F3O2. The molecule has 0 amide bonds. The molecule has 0 spiro atoms. The molecule has 0 atom stereocenters. The van der Waals surface area contributed by atoms with Crippen molar-refractivity contribution in [1.29, 1.82) is 0 Å². The van der Waals surface area contributed by atoms with E-state index in [1.807, 2.05) is 6.07 Å². The molecule has 27 heavy (non-hydrogen) atoms. The van der Waals surface area contributed by atoms with Gasteiger partial charge in [0.1, 0.15) is 0 Å². The fourth-order valence-electron chi connectivity index (χ4n) is 3.88. The van der Waals surface area contributed by atoms with Crippen LogP contribution in [0.15, 0.2) is 24.3 Å². The van der Waals surface area contributed by atoms with E-state index in [0.29, 0.717) is 30.4 Å². The summed E-state index contributed by atoms with van der Waals surface area (Å²) in [5.74, 6) is 1.15. The van der Waals surface area contributed by atoms with Crippen molar-refractivity contribution in [1.82, 2.24) is 0 Å². The predicted octanol–water partition coefficient (Wildman–Crippen LogP) is 6.75. The van der Waals surface area contributed by atoms with Crippen LogP contribution in [0.1, 0.15) is 62.5 Å². The van der Waals surface area contributed by atoms with E-state index in [0.717, 1.165) is 24.8 Å². The fourth-order valence-corrected chi connectivity index (χ4v) is 3.88. The van der Waals surface area contributed by atoms with Crippen LogP contribution in [-0.2, 0) is 6.42 Å². The molecule has 0 radical (unpaired) electrons. The average Bonchev–Trinajstić information content (AvgIpc) is 3.07. The summed E-state index contributed by atoms with van der Waals surface area (Å²) >= 11 is 0. The standard InChI is InChI=1S/C22H29F3O2/c1-16-19(12-5-4-7-17-10-6-11-17)13-14-20(21(16)27-22(23,24)25)26-15-18-8-2-3-9-18/h4,7,13-14,17-18H,2-3,5-6,8-12,15H2,1H3/b7-4+. The van der Waals surface area contributed by atoms with E-state index in [-0.39, 0.29) is 11.5 Å². The highest BCUT2D eigenvalue weighted by Crippen LogP contribution is 2.38. The molecule has 2 fully saturated rings. The van der Waals surface area contributed by atoms with E-state index in [9.17, 15) is 13.2 Å². The number of aryl methyl sites for hydroxylation is 1. The molecule has 2 saturated carbocycles. The highest BCUT2D eigenvalue weighted by atomic mass is 19.4. The largest absolute Gasteiger partial charge is 0.573 e. The fraction of sp³-hybridized carbons (Fsp3) is 0.636. The van der Waals surface area contributed by atoms with Crippen molar-refractivity contribution in [3.8, 4) is 11.5 Å². The summed E-state index contributed by atoms with van der Waals surface area (Å²) in [6.45, 7) is 2.14. The second-order valence-electron chi connectivity index (χ2n) is 7.84. The Balaban J connectivity index is 1.68. The molecule has 0 aromatic heterocycles. The predicted molar refractivity (Wildman–Crippen MR) is 100 cm³/mol. The number of rotatable bonds is 8. The van der Waals surface area contributed by atoms with Gasteiger partial charge in [0.2, 0.25) is 0 Å². The van der Waals surface area contributed by atoms with Crippen LogP contribution >= 0.6 is 0 Å². The molecule has 2 aliphatic rings. The third-order valence-electron chi connectivity index (χ3n) is 5.79. The van der Waals surface area contributed by atoms with Crippen molar-refractivity contribution in [3.05, 3.63) is 35.4 Å². The Kier molecular flexibility index (Phi) is 6.72. The number of ether oxygens (including phenoxy) is 2. The van der Waals surface area contributed by atoms with Crippen molar-refractivity contribution in [2.45, 2.75) is 71.1 Å². The highest BCUT2D eigenvalue weighted by molar-refractivity contribution is 5.50. The summed E-state index contributed by atoms with van der Waals surface area (Å²) in [5.41, 5.74) is 1.40. The van der Waals surface area contributed by atoms with Gasteiger partial charge in [-0.1, -0.05) is 37.5 Å². The summed E-state index contributed by atoms with van der Waals surface area (Å²) in [6.07, 6.45) is 9.52. The van der Waals surface area contributed by atoms with Crippen molar-refractivity contribution >= 4 is 0 Å². The Hall–Kier alpha value is -1.65. The number of allylic oxidation sites excluding steroid dienone is 2. The molecule has 2 nitrogen and oxygen atoms in total. The zero-order valence-corrected chi connectivity index (χ0v) is 16.0. The number of benzene rings is 1. The van der Waals surface area contributed by atoms with Crippen molar-refractivity contribution in [2.24, 2.45) is 11.8 Å². The second kappa shape index (κ2) is 9.03. The maximum atomic E-state index is 12.9. The monoisotopic (exact) mass is 382 g/mol. The van der Waals surface area contributed by atoms with Gasteiger partial charge in [-0.05, 0) is 74.5 Å². The number of hydrogen-bond acceptors (Lipinski definition) is 2. The van der Waals surface area contributed by atoms with Crippen LogP contribution in [0.4, 0.5) is 13.2 Å². The van der Waals surface area contributed by atoms with Gasteiger partial charge < -0.3 is 9.47 Å². The zero-order chi connectivity index (χ0) is 19.3. The Morgan fingerprint density at radius 2 is 1.81 bits per heavy atom. The third-order valence-corrected chi connectivity index (χ3v) is 5.79. The third kappa shape index (κ3) is 5.91. The Morgan fingerprint density at radius 3 is 2.44 bits per heavy atom. The minimum Gasteiger partial charge on any atom is -0.489 e. The van der Waals surface area contributed by atoms with E-state index in [2.05, 4.69) is 16.9 Å². The first kappa shape index (κ1) is 20.1.